The second-order valence-corrected chi connectivity index (χ2v) is 6.35. The number of rotatable bonds is 7. The highest BCUT2D eigenvalue weighted by Gasteiger charge is 2.08. The van der Waals surface area contributed by atoms with Crippen LogP contribution in [0.5, 0.6) is 0 Å². The Bertz CT molecular complexity index is 723. The Labute approximate surface area is 149 Å². The zero-order valence-electron chi connectivity index (χ0n) is 15.1. The van der Waals surface area contributed by atoms with Gasteiger partial charge in [-0.3, -0.25) is 9.59 Å². The standard InChI is InChI=1S/C21H26N2O2/c1-4-16(3)17-8-10-19(11-9-17)23-20(24)12-13-22-21(25)18-7-5-6-15(2)14-18/h5-11,14,16H,4,12-13H2,1-3H3,(H,22,25)(H,23,24). The van der Waals surface area contributed by atoms with Crippen LogP contribution in [0.3, 0.4) is 0 Å². The average Bonchev–Trinajstić information content (AvgIpc) is 2.61. The maximum atomic E-state index is 12.0. The lowest BCUT2D eigenvalue weighted by Crippen LogP contribution is -2.27. The molecule has 1 unspecified atom stereocenters. The predicted molar refractivity (Wildman–Crippen MR) is 102 cm³/mol. The van der Waals surface area contributed by atoms with E-state index >= 15 is 0 Å². The van der Waals surface area contributed by atoms with E-state index in [1.807, 2.05) is 49.4 Å². The molecule has 2 amide bonds. The van der Waals surface area contributed by atoms with Crippen molar-refractivity contribution in [2.75, 3.05) is 11.9 Å². The van der Waals surface area contributed by atoms with Crippen LogP contribution in [-0.4, -0.2) is 18.4 Å². The van der Waals surface area contributed by atoms with Crippen LogP contribution in [0.4, 0.5) is 5.69 Å². The molecule has 132 valence electrons. The van der Waals surface area contributed by atoms with E-state index in [1.165, 1.54) is 5.56 Å². The number of nitrogens with one attached hydrogen (secondary N) is 2. The van der Waals surface area contributed by atoms with Crippen LogP contribution in [0.1, 0.15) is 54.1 Å². The molecule has 4 heteroatoms. The second kappa shape index (κ2) is 9.02. The quantitative estimate of drug-likeness (QED) is 0.792. The van der Waals surface area contributed by atoms with Gasteiger partial charge in [0.15, 0.2) is 0 Å². The van der Waals surface area contributed by atoms with Crippen LogP contribution < -0.4 is 10.6 Å². The first-order chi connectivity index (χ1) is 12.0. The van der Waals surface area contributed by atoms with E-state index in [0.29, 0.717) is 18.0 Å². The predicted octanol–water partition coefficient (Wildman–Crippen LogP) is 4.27. The van der Waals surface area contributed by atoms with Crippen LogP contribution in [-0.2, 0) is 4.79 Å². The summed E-state index contributed by atoms with van der Waals surface area (Å²) in [7, 11) is 0. The fraction of sp³-hybridized carbons (Fsp3) is 0.333. The molecule has 0 saturated heterocycles. The summed E-state index contributed by atoms with van der Waals surface area (Å²) in [5.41, 5.74) is 3.69. The molecule has 4 nitrogen and oxygen atoms in total. The van der Waals surface area contributed by atoms with Gasteiger partial charge in [0.25, 0.3) is 5.91 Å². The Kier molecular flexibility index (Phi) is 6.75. The van der Waals surface area contributed by atoms with Crippen LogP contribution >= 0.6 is 0 Å². The summed E-state index contributed by atoms with van der Waals surface area (Å²) in [6.45, 7) is 6.59. The maximum Gasteiger partial charge on any atom is 0.251 e. The van der Waals surface area contributed by atoms with Crippen molar-refractivity contribution in [2.45, 2.75) is 39.5 Å². The van der Waals surface area contributed by atoms with E-state index in [4.69, 9.17) is 0 Å². The fourth-order valence-electron chi connectivity index (χ4n) is 2.53. The van der Waals surface area contributed by atoms with Crippen molar-refractivity contribution in [1.82, 2.24) is 5.32 Å². The number of hydrogen-bond donors (Lipinski definition) is 2. The smallest absolute Gasteiger partial charge is 0.251 e. The lowest BCUT2D eigenvalue weighted by Gasteiger charge is -2.11. The third kappa shape index (κ3) is 5.75. The highest BCUT2D eigenvalue weighted by molar-refractivity contribution is 5.95. The molecular weight excluding hydrogens is 312 g/mol. The molecule has 0 radical (unpaired) electrons. The molecular formula is C21H26N2O2. The van der Waals surface area contributed by atoms with E-state index in [2.05, 4.69) is 24.5 Å². The number of carbonyl (C=O) groups excluding carboxylic acids is 2. The maximum absolute atomic E-state index is 12.0. The summed E-state index contributed by atoms with van der Waals surface area (Å²) < 4.78 is 0. The van der Waals surface area contributed by atoms with Gasteiger partial charge in [-0.05, 0) is 49.1 Å². The molecule has 0 bridgehead atoms. The molecule has 0 fully saturated rings. The van der Waals surface area contributed by atoms with E-state index in [9.17, 15) is 9.59 Å². The molecule has 0 aliphatic heterocycles. The Hall–Kier alpha value is -2.62. The molecule has 2 aromatic carbocycles. The molecule has 2 rings (SSSR count). The number of carbonyl (C=O) groups is 2. The minimum atomic E-state index is -0.158. The Morgan fingerprint density at radius 2 is 1.80 bits per heavy atom. The van der Waals surface area contributed by atoms with Crippen LogP contribution in [0.25, 0.3) is 0 Å². The monoisotopic (exact) mass is 338 g/mol. The molecule has 25 heavy (non-hydrogen) atoms. The molecule has 2 aromatic rings. The van der Waals surface area contributed by atoms with E-state index in [-0.39, 0.29) is 18.2 Å². The van der Waals surface area contributed by atoms with Gasteiger partial charge in [0.1, 0.15) is 0 Å². The van der Waals surface area contributed by atoms with Crippen molar-refractivity contribution in [3.8, 4) is 0 Å². The minimum Gasteiger partial charge on any atom is -0.352 e. The van der Waals surface area contributed by atoms with Gasteiger partial charge in [0.05, 0.1) is 0 Å². The number of anilines is 1. The number of hydrogen-bond acceptors (Lipinski definition) is 2. The van der Waals surface area contributed by atoms with Crippen molar-refractivity contribution in [1.29, 1.82) is 0 Å². The van der Waals surface area contributed by atoms with Crippen molar-refractivity contribution in [3.05, 3.63) is 65.2 Å². The summed E-state index contributed by atoms with van der Waals surface area (Å²) in [5.74, 6) is 0.247. The fourth-order valence-corrected chi connectivity index (χ4v) is 2.53. The highest BCUT2D eigenvalue weighted by atomic mass is 16.2. The molecule has 0 aromatic heterocycles. The molecule has 0 aliphatic rings. The normalized spacial score (nSPS) is 11.6. The Morgan fingerprint density at radius 1 is 1.08 bits per heavy atom. The highest BCUT2D eigenvalue weighted by Crippen LogP contribution is 2.20. The summed E-state index contributed by atoms with van der Waals surface area (Å²) >= 11 is 0. The van der Waals surface area contributed by atoms with Crippen LogP contribution in [0, 0.1) is 6.92 Å². The van der Waals surface area contributed by atoms with Gasteiger partial charge in [-0.1, -0.05) is 43.7 Å². The summed E-state index contributed by atoms with van der Waals surface area (Å²) in [6.07, 6.45) is 1.33. The minimum absolute atomic E-state index is 0.110. The lowest BCUT2D eigenvalue weighted by molar-refractivity contribution is -0.116. The third-order valence-corrected chi connectivity index (χ3v) is 4.29. The Balaban J connectivity index is 1.78. The van der Waals surface area contributed by atoms with Gasteiger partial charge in [-0.2, -0.15) is 0 Å². The SMILES string of the molecule is CCC(C)c1ccc(NC(=O)CCNC(=O)c2cccc(C)c2)cc1. The van der Waals surface area contributed by atoms with Gasteiger partial charge in [0.2, 0.25) is 5.91 Å². The Morgan fingerprint density at radius 3 is 2.44 bits per heavy atom. The molecule has 2 N–H and O–H groups in total. The van der Waals surface area contributed by atoms with Gasteiger partial charge >= 0.3 is 0 Å². The molecule has 1 atom stereocenters. The van der Waals surface area contributed by atoms with Gasteiger partial charge in [-0.15, -0.1) is 0 Å². The number of aryl methyl sites for hydroxylation is 1. The summed E-state index contributed by atoms with van der Waals surface area (Å²) in [6, 6.07) is 15.3. The average molecular weight is 338 g/mol. The zero-order chi connectivity index (χ0) is 18.2. The number of benzene rings is 2. The van der Waals surface area contributed by atoms with Crippen molar-refractivity contribution < 1.29 is 9.59 Å². The topological polar surface area (TPSA) is 58.2 Å². The zero-order valence-corrected chi connectivity index (χ0v) is 15.1. The van der Waals surface area contributed by atoms with Gasteiger partial charge in [-0.25, -0.2) is 0 Å². The van der Waals surface area contributed by atoms with E-state index in [1.54, 1.807) is 6.07 Å². The first kappa shape index (κ1) is 18.7. The summed E-state index contributed by atoms with van der Waals surface area (Å²) in [4.78, 5) is 24.0. The molecule has 0 aliphatic carbocycles. The van der Waals surface area contributed by atoms with Crippen LogP contribution in [0.2, 0.25) is 0 Å². The second-order valence-electron chi connectivity index (χ2n) is 6.35. The lowest BCUT2D eigenvalue weighted by atomic mass is 9.99. The van der Waals surface area contributed by atoms with Crippen molar-refractivity contribution in [3.63, 3.8) is 0 Å². The largest absolute Gasteiger partial charge is 0.352 e. The van der Waals surface area contributed by atoms with Gasteiger partial charge in [0, 0.05) is 24.2 Å². The van der Waals surface area contributed by atoms with E-state index < -0.39 is 0 Å². The molecule has 0 spiro atoms. The van der Waals surface area contributed by atoms with E-state index in [0.717, 1.165) is 17.7 Å². The number of amides is 2. The third-order valence-electron chi connectivity index (χ3n) is 4.29. The first-order valence-electron chi connectivity index (χ1n) is 8.74. The summed E-state index contributed by atoms with van der Waals surface area (Å²) in [5, 5.41) is 5.63. The molecule has 0 heterocycles. The first-order valence-corrected chi connectivity index (χ1v) is 8.74. The molecule has 0 saturated carbocycles. The van der Waals surface area contributed by atoms with Crippen LogP contribution in [0.15, 0.2) is 48.5 Å². The van der Waals surface area contributed by atoms with Crippen molar-refractivity contribution in [2.24, 2.45) is 0 Å². The van der Waals surface area contributed by atoms with Crippen molar-refractivity contribution >= 4 is 17.5 Å². The van der Waals surface area contributed by atoms with Gasteiger partial charge < -0.3 is 10.6 Å².